The summed E-state index contributed by atoms with van der Waals surface area (Å²) in [6.07, 6.45) is 5.06. The highest BCUT2D eigenvalue weighted by Gasteiger charge is 2.20. The first-order valence-electron chi connectivity index (χ1n) is 6.55. The Kier molecular flexibility index (Phi) is 4.81. The summed E-state index contributed by atoms with van der Waals surface area (Å²) in [5.74, 6) is 1.12. The minimum Gasteiger partial charge on any atom is -0.293 e. The number of thioether (sulfide) groups is 1. The minimum atomic E-state index is -0.291. The molecule has 1 nitrogen and oxygen atoms in total. The van der Waals surface area contributed by atoms with E-state index in [-0.39, 0.29) is 11.6 Å². The molecule has 98 valence electrons. The molecule has 0 spiro atoms. The molecule has 2 atom stereocenters. The van der Waals surface area contributed by atoms with E-state index in [0.29, 0.717) is 16.6 Å². The van der Waals surface area contributed by atoms with Crippen LogP contribution in [0.3, 0.4) is 0 Å². The van der Waals surface area contributed by atoms with Crippen LogP contribution < -0.4 is 0 Å². The average molecular weight is 266 g/mol. The first kappa shape index (κ1) is 13.6. The number of Topliss-reactive ketones (excluding diaryl/α,β-unsaturated/α-hetero) is 1. The third-order valence-corrected chi connectivity index (χ3v) is 4.83. The molecule has 0 amide bonds. The second-order valence-corrected chi connectivity index (χ2v) is 6.42. The Balaban J connectivity index is 1.82. The molecule has 2 unspecified atom stereocenters. The van der Waals surface area contributed by atoms with E-state index in [2.05, 4.69) is 6.92 Å². The minimum absolute atomic E-state index is 0.109. The first-order chi connectivity index (χ1) is 8.65. The molecule has 0 aliphatic heterocycles. The van der Waals surface area contributed by atoms with Crippen LogP contribution in [0.15, 0.2) is 24.3 Å². The fourth-order valence-electron chi connectivity index (χ4n) is 2.44. The van der Waals surface area contributed by atoms with Crippen LogP contribution >= 0.6 is 11.8 Å². The first-order valence-corrected chi connectivity index (χ1v) is 7.60. The van der Waals surface area contributed by atoms with Crippen LogP contribution in [0.1, 0.15) is 43.0 Å². The highest BCUT2D eigenvalue weighted by atomic mass is 32.2. The molecule has 2 rings (SSSR count). The lowest BCUT2D eigenvalue weighted by molar-refractivity contribution is 0.102. The summed E-state index contributed by atoms with van der Waals surface area (Å²) in [4.78, 5) is 11.9. The van der Waals surface area contributed by atoms with Crippen molar-refractivity contribution in [2.24, 2.45) is 5.92 Å². The summed E-state index contributed by atoms with van der Waals surface area (Å²) >= 11 is 1.76. The fraction of sp³-hybridized carbons (Fsp3) is 0.533. The van der Waals surface area contributed by atoms with Crippen LogP contribution in [0.5, 0.6) is 0 Å². The van der Waals surface area contributed by atoms with E-state index >= 15 is 0 Å². The van der Waals surface area contributed by atoms with Gasteiger partial charge in [0, 0.05) is 10.8 Å². The normalized spacial score (nSPS) is 23.9. The van der Waals surface area contributed by atoms with Gasteiger partial charge in [0.25, 0.3) is 0 Å². The summed E-state index contributed by atoms with van der Waals surface area (Å²) in [5, 5.41) is 0.623. The van der Waals surface area contributed by atoms with Gasteiger partial charge in [0.15, 0.2) is 5.78 Å². The average Bonchev–Trinajstić information content (AvgIpc) is 2.37. The Hall–Kier alpha value is -0.830. The lowest BCUT2D eigenvalue weighted by atomic mass is 9.91. The van der Waals surface area contributed by atoms with Crippen molar-refractivity contribution in [1.82, 2.24) is 0 Å². The third-order valence-electron chi connectivity index (χ3n) is 3.50. The van der Waals surface area contributed by atoms with Gasteiger partial charge in [0.2, 0.25) is 0 Å². The zero-order valence-corrected chi connectivity index (χ0v) is 11.5. The zero-order chi connectivity index (χ0) is 13.0. The number of halogens is 1. The van der Waals surface area contributed by atoms with Crippen molar-refractivity contribution in [1.29, 1.82) is 0 Å². The maximum Gasteiger partial charge on any atom is 0.172 e. The van der Waals surface area contributed by atoms with E-state index in [0.717, 1.165) is 5.92 Å². The van der Waals surface area contributed by atoms with Gasteiger partial charge in [-0.1, -0.05) is 19.8 Å². The molecule has 18 heavy (non-hydrogen) atoms. The van der Waals surface area contributed by atoms with E-state index in [1.54, 1.807) is 23.9 Å². The molecule has 1 aromatic rings. The number of carbonyl (C=O) groups excluding carboxylic acids is 1. The van der Waals surface area contributed by atoms with Gasteiger partial charge in [-0.25, -0.2) is 4.39 Å². The van der Waals surface area contributed by atoms with E-state index in [1.165, 1.54) is 37.8 Å². The van der Waals surface area contributed by atoms with Crippen molar-refractivity contribution in [2.45, 2.75) is 37.9 Å². The molecule has 3 heteroatoms. The predicted octanol–water partition coefficient (Wildman–Crippen LogP) is 4.32. The molecule has 0 N–H and O–H groups in total. The van der Waals surface area contributed by atoms with Gasteiger partial charge in [0.1, 0.15) is 5.82 Å². The van der Waals surface area contributed by atoms with Crippen LogP contribution in [0, 0.1) is 11.7 Å². The summed E-state index contributed by atoms with van der Waals surface area (Å²) in [6, 6.07) is 5.84. The SMILES string of the molecule is CC1CCCC(SCC(=O)c2ccc(F)cc2)C1. The molecule has 1 aliphatic rings. The number of hydrogen-bond donors (Lipinski definition) is 0. The van der Waals surface area contributed by atoms with Crippen LogP contribution in [0.25, 0.3) is 0 Å². The summed E-state index contributed by atoms with van der Waals surface area (Å²) < 4.78 is 12.8. The maximum atomic E-state index is 12.8. The van der Waals surface area contributed by atoms with Crippen molar-refractivity contribution in [2.75, 3.05) is 5.75 Å². The molecule has 0 aromatic heterocycles. The van der Waals surface area contributed by atoms with Gasteiger partial charge < -0.3 is 0 Å². The van der Waals surface area contributed by atoms with Crippen molar-refractivity contribution < 1.29 is 9.18 Å². The molecule has 0 saturated heterocycles. The summed E-state index contributed by atoms with van der Waals surface area (Å²) in [6.45, 7) is 2.29. The van der Waals surface area contributed by atoms with Crippen LogP contribution in [-0.2, 0) is 0 Å². The van der Waals surface area contributed by atoms with Gasteiger partial charge in [-0.15, -0.1) is 0 Å². The van der Waals surface area contributed by atoms with Gasteiger partial charge in [-0.05, 0) is 43.0 Å². The maximum absolute atomic E-state index is 12.8. The molecule has 1 saturated carbocycles. The van der Waals surface area contributed by atoms with E-state index in [4.69, 9.17) is 0 Å². The Morgan fingerprint density at radius 3 is 2.72 bits per heavy atom. The highest BCUT2D eigenvalue weighted by Crippen LogP contribution is 2.32. The fourth-order valence-corrected chi connectivity index (χ4v) is 3.79. The molecule has 1 fully saturated rings. The Labute approximate surface area is 112 Å². The molecular weight excluding hydrogens is 247 g/mol. The topological polar surface area (TPSA) is 17.1 Å². The van der Waals surface area contributed by atoms with Gasteiger partial charge in [0.05, 0.1) is 5.75 Å². The lowest BCUT2D eigenvalue weighted by Crippen LogP contribution is -2.17. The van der Waals surface area contributed by atoms with E-state index in [9.17, 15) is 9.18 Å². The Morgan fingerprint density at radius 1 is 1.33 bits per heavy atom. The van der Waals surface area contributed by atoms with E-state index < -0.39 is 0 Å². The van der Waals surface area contributed by atoms with Crippen LogP contribution in [0.4, 0.5) is 4.39 Å². The second-order valence-electron chi connectivity index (χ2n) is 5.13. The predicted molar refractivity (Wildman–Crippen MR) is 74.6 cm³/mol. The van der Waals surface area contributed by atoms with Crippen molar-refractivity contribution in [3.63, 3.8) is 0 Å². The number of rotatable bonds is 4. The Morgan fingerprint density at radius 2 is 2.06 bits per heavy atom. The van der Waals surface area contributed by atoms with E-state index in [1.807, 2.05) is 0 Å². The highest BCUT2D eigenvalue weighted by molar-refractivity contribution is 8.00. The van der Waals surface area contributed by atoms with Crippen molar-refractivity contribution in [3.8, 4) is 0 Å². The quantitative estimate of drug-likeness (QED) is 0.755. The second kappa shape index (κ2) is 6.37. The number of carbonyl (C=O) groups is 1. The van der Waals surface area contributed by atoms with Gasteiger partial charge >= 0.3 is 0 Å². The summed E-state index contributed by atoms with van der Waals surface area (Å²) in [7, 11) is 0. The third kappa shape index (κ3) is 3.84. The van der Waals surface area contributed by atoms with Crippen LogP contribution in [0.2, 0.25) is 0 Å². The van der Waals surface area contributed by atoms with Gasteiger partial charge in [-0.2, -0.15) is 11.8 Å². The molecule has 1 aliphatic carbocycles. The van der Waals surface area contributed by atoms with Crippen molar-refractivity contribution >= 4 is 17.5 Å². The molecule has 0 bridgehead atoms. The largest absolute Gasteiger partial charge is 0.293 e. The monoisotopic (exact) mass is 266 g/mol. The Bertz CT molecular complexity index is 401. The van der Waals surface area contributed by atoms with Crippen molar-refractivity contribution in [3.05, 3.63) is 35.6 Å². The molecular formula is C15H19FOS. The zero-order valence-electron chi connectivity index (χ0n) is 10.7. The van der Waals surface area contributed by atoms with Crippen LogP contribution in [-0.4, -0.2) is 16.8 Å². The molecule has 0 radical (unpaired) electrons. The molecule has 0 heterocycles. The number of benzene rings is 1. The lowest BCUT2D eigenvalue weighted by Gasteiger charge is -2.25. The standard InChI is InChI=1S/C15H19FOS/c1-11-3-2-4-14(9-11)18-10-15(17)12-5-7-13(16)8-6-12/h5-8,11,14H,2-4,9-10H2,1H3. The summed E-state index contributed by atoms with van der Waals surface area (Å²) in [5.41, 5.74) is 0.618. The van der Waals surface area contributed by atoms with Gasteiger partial charge in [-0.3, -0.25) is 4.79 Å². The smallest absolute Gasteiger partial charge is 0.172 e. The molecule has 1 aromatic carbocycles. The number of ketones is 1. The number of hydrogen-bond acceptors (Lipinski definition) is 2.